The summed E-state index contributed by atoms with van der Waals surface area (Å²) in [5.41, 5.74) is 1.86. The second-order valence-electron chi connectivity index (χ2n) is 3.62. The lowest BCUT2D eigenvalue weighted by Crippen LogP contribution is -2.15. The van der Waals surface area contributed by atoms with Crippen LogP contribution in [-0.4, -0.2) is 17.0 Å². The van der Waals surface area contributed by atoms with E-state index in [0.717, 1.165) is 5.56 Å². The number of amides is 1. The summed E-state index contributed by atoms with van der Waals surface area (Å²) in [4.78, 5) is 22.3. The van der Waals surface area contributed by atoms with Gasteiger partial charge in [0.05, 0.1) is 17.3 Å². The van der Waals surface area contributed by atoms with E-state index in [0.29, 0.717) is 5.56 Å². The van der Waals surface area contributed by atoms with Crippen molar-refractivity contribution >= 4 is 17.6 Å². The second-order valence-corrected chi connectivity index (χ2v) is 3.62. The van der Waals surface area contributed by atoms with E-state index in [1.54, 1.807) is 19.1 Å². The quantitative estimate of drug-likeness (QED) is 0.832. The number of carboxylic acids is 1. The highest BCUT2D eigenvalue weighted by atomic mass is 16.4. The van der Waals surface area contributed by atoms with Crippen molar-refractivity contribution < 1.29 is 14.7 Å². The molecule has 1 aromatic rings. The number of carboxylic acid groups (broad SMARTS) is 1. The van der Waals surface area contributed by atoms with Crippen molar-refractivity contribution in [3.8, 4) is 6.07 Å². The highest BCUT2D eigenvalue weighted by molar-refractivity contribution is 6.02. The van der Waals surface area contributed by atoms with Gasteiger partial charge in [0.25, 0.3) is 0 Å². The maximum Gasteiger partial charge on any atom is 0.337 e. The molecular weight excluding hydrogens is 220 g/mol. The molecule has 0 bridgehead atoms. The van der Waals surface area contributed by atoms with E-state index in [-0.39, 0.29) is 17.7 Å². The molecule has 88 valence electrons. The Balaban J connectivity index is 3.20. The maximum absolute atomic E-state index is 11.3. The summed E-state index contributed by atoms with van der Waals surface area (Å²) >= 11 is 0. The van der Waals surface area contributed by atoms with Crippen molar-refractivity contribution in [2.24, 2.45) is 0 Å². The molecule has 0 aromatic heterocycles. The average molecular weight is 232 g/mol. The Bertz CT molecular complexity index is 515. The molecule has 0 aliphatic rings. The van der Waals surface area contributed by atoms with Gasteiger partial charge in [0.15, 0.2) is 0 Å². The van der Waals surface area contributed by atoms with Crippen LogP contribution in [0.5, 0.6) is 0 Å². The fraction of sp³-hybridized carbons (Fsp3) is 0.250. The van der Waals surface area contributed by atoms with Crippen LogP contribution in [0.4, 0.5) is 5.69 Å². The minimum absolute atomic E-state index is 0.0272. The molecule has 0 radical (unpaired) electrons. The van der Waals surface area contributed by atoms with Crippen molar-refractivity contribution in [2.75, 3.05) is 5.32 Å². The number of aryl methyl sites for hydroxylation is 1. The molecule has 0 aliphatic carbocycles. The third-order valence-electron chi connectivity index (χ3n) is 2.47. The molecule has 0 fully saturated rings. The summed E-state index contributed by atoms with van der Waals surface area (Å²) in [6.07, 6.45) is -0.299. The summed E-state index contributed by atoms with van der Waals surface area (Å²) in [7, 11) is 0. The molecule has 1 aromatic carbocycles. The van der Waals surface area contributed by atoms with Crippen LogP contribution in [0.3, 0.4) is 0 Å². The minimum Gasteiger partial charge on any atom is -0.478 e. The maximum atomic E-state index is 11.3. The van der Waals surface area contributed by atoms with Gasteiger partial charge >= 0.3 is 5.97 Å². The van der Waals surface area contributed by atoms with E-state index < -0.39 is 11.9 Å². The van der Waals surface area contributed by atoms with Gasteiger partial charge in [-0.3, -0.25) is 4.79 Å². The fourth-order valence-corrected chi connectivity index (χ4v) is 1.41. The smallest absolute Gasteiger partial charge is 0.337 e. The lowest BCUT2D eigenvalue weighted by molar-refractivity contribution is -0.115. The number of benzene rings is 1. The van der Waals surface area contributed by atoms with Crippen LogP contribution in [-0.2, 0) is 4.79 Å². The van der Waals surface area contributed by atoms with Gasteiger partial charge in [0.1, 0.15) is 6.42 Å². The van der Waals surface area contributed by atoms with E-state index in [2.05, 4.69) is 5.32 Å². The fourth-order valence-electron chi connectivity index (χ4n) is 1.41. The van der Waals surface area contributed by atoms with E-state index in [9.17, 15) is 9.59 Å². The molecule has 5 heteroatoms. The standard InChI is InChI=1S/C12H12N2O3/c1-7-3-4-9(12(16)17)11(8(7)2)14-10(15)5-6-13/h3-4H,5H2,1-2H3,(H,14,15)(H,16,17). The zero-order valence-electron chi connectivity index (χ0n) is 9.57. The first-order valence-electron chi connectivity index (χ1n) is 4.97. The van der Waals surface area contributed by atoms with Gasteiger partial charge in [-0.1, -0.05) is 6.07 Å². The Morgan fingerprint density at radius 1 is 1.41 bits per heavy atom. The van der Waals surface area contributed by atoms with Crippen LogP contribution in [0.25, 0.3) is 0 Å². The number of nitriles is 1. The highest BCUT2D eigenvalue weighted by Crippen LogP contribution is 2.24. The number of carbonyl (C=O) groups excluding carboxylic acids is 1. The normalized spacial score (nSPS) is 9.47. The van der Waals surface area contributed by atoms with Crippen molar-refractivity contribution in [1.82, 2.24) is 0 Å². The first-order valence-corrected chi connectivity index (χ1v) is 4.97. The van der Waals surface area contributed by atoms with Gasteiger partial charge in [-0.15, -0.1) is 0 Å². The van der Waals surface area contributed by atoms with Crippen molar-refractivity contribution in [2.45, 2.75) is 20.3 Å². The summed E-state index contributed by atoms with van der Waals surface area (Å²) < 4.78 is 0. The third kappa shape index (κ3) is 2.82. The summed E-state index contributed by atoms with van der Waals surface area (Å²) in [6, 6.07) is 4.83. The Morgan fingerprint density at radius 3 is 2.59 bits per heavy atom. The van der Waals surface area contributed by atoms with Crippen molar-refractivity contribution in [3.05, 3.63) is 28.8 Å². The van der Waals surface area contributed by atoms with Crippen molar-refractivity contribution in [1.29, 1.82) is 5.26 Å². The first-order chi connectivity index (χ1) is 7.97. The Kier molecular flexibility index (Phi) is 3.83. The van der Waals surface area contributed by atoms with E-state index in [1.165, 1.54) is 6.07 Å². The van der Waals surface area contributed by atoms with Gasteiger partial charge in [-0.05, 0) is 31.0 Å². The number of hydrogen-bond acceptors (Lipinski definition) is 3. The topological polar surface area (TPSA) is 90.2 Å². The van der Waals surface area contributed by atoms with E-state index >= 15 is 0 Å². The molecular formula is C12H12N2O3. The number of hydrogen-bond donors (Lipinski definition) is 2. The lowest BCUT2D eigenvalue weighted by Gasteiger charge is -2.12. The molecule has 0 unspecified atom stereocenters. The summed E-state index contributed by atoms with van der Waals surface area (Å²) in [5.74, 6) is -1.62. The summed E-state index contributed by atoms with van der Waals surface area (Å²) in [6.45, 7) is 3.55. The third-order valence-corrected chi connectivity index (χ3v) is 2.47. The molecule has 5 nitrogen and oxygen atoms in total. The number of rotatable bonds is 3. The lowest BCUT2D eigenvalue weighted by atomic mass is 10.0. The number of carbonyl (C=O) groups is 2. The largest absolute Gasteiger partial charge is 0.478 e. The molecule has 0 aliphatic heterocycles. The van der Waals surface area contributed by atoms with Gasteiger partial charge in [0.2, 0.25) is 5.91 Å². The van der Waals surface area contributed by atoms with Crippen molar-refractivity contribution in [3.63, 3.8) is 0 Å². The van der Waals surface area contributed by atoms with Gasteiger partial charge < -0.3 is 10.4 Å². The van der Waals surface area contributed by atoms with Crippen LogP contribution in [0.15, 0.2) is 12.1 Å². The zero-order chi connectivity index (χ0) is 13.0. The number of anilines is 1. The van der Waals surface area contributed by atoms with Crippen LogP contribution in [0.1, 0.15) is 27.9 Å². The molecule has 0 saturated heterocycles. The molecule has 17 heavy (non-hydrogen) atoms. The molecule has 0 spiro atoms. The Morgan fingerprint density at radius 2 is 2.06 bits per heavy atom. The number of nitrogens with zero attached hydrogens (tertiary/aromatic N) is 1. The van der Waals surface area contributed by atoms with E-state index in [4.69, 9.17) is 10.4 Å². The van der Waals surface area contributed by atoms with Gasteiger partial charge in [-0.2, -0.15) is 5.26 Å². The van der Waals surface area contributed by atoms with E-state index in [1.807, 2.05) is 6.92 Å². The molecule has 2 N–H and O–H groups in total. The number of aromatic carboxylic acids is 1. The van der Waals surface area contributed by atoms with Crippen LogP contribution in [0.2, 0.25) is 0 Å². The predicted octanol–water partition coefficient (Wildman–Crippen LogP) is 1.85. The molecule has 0 atom stereocenters. The average Bonchev–Trinajstić information content (AvgIpc) is 2.25. The van der Waals surface area contributed by atoms with Gasteiger partial charge in [0, 0.05) is 0 Å². The van der Waals surface area contributed by atoms with Crippen LogP contribution >= 0.6 is 0 Å². The summed E-state index contributed by atoms with van der Waals surface area (Å²) in [5, 5.41) is 19.9. The minimum atomic E-state index is -1.11. The molecule has 0 heterocycles. The Labute approximate surface area is 98.7 Å². The Hall–Kier alpha value is -2.35. The predicted molar refractivity (Wildman–Crippen MR) is 61.7 cm³/mol. The highest BCUT2D eigenvalue weighted by Gasteiger charge is 2.15. The van der Waals surface area contributed by atoms with Crippen LogP contribution in [0, 0.1) is 25.2 Å². The molecule has 0 saturated carbocycles. The zero-order valence-corrected chi connectivity index (χ0v) is 9.57. The van der Waals surface area contributed by atoms with Crippen LogP contribution < -0.4 is 5.32 Å². The SMILES string of the molecule is Cc1ccc(C(=O)O)c(NC(=O)CC#N)c1C. The first kappa shape index (κ1) is 12.7. The molecule has 1 amide bonds. The monoisotopic (exact) mass is 232 g/mol. The van der Waals surface area contributed by atoms with Gasteiger partial charge in [-0.25, -0.2) is 4.79 Å². The second kappa shape index (κ2) is 5.12. The molecule has 1 rings (SSSR count). The number of nitrogens with one attached hydrogen (secondary N) is 1.